The molecule has 0 aromatic carbocycles. The maximum Gasteiger partial charge on any atom is 0.396 e. The monoisotopic (exact) mass is 192 g/mol. The summed E-state index contributed by atoms with van der Waals surface area (Å²) in [6, 6.07) is 0. The van der Waals surface area contributed by atoms with Crippen molar-refractivity contribution in [1.29, 1.82) is 0 Å². The van der Waals surface area contributed by atoms with Crippen molar-refractivity contribution in [3.8, 4) is 0 Å². The lowest BCUT2D eigenvalue weighted by Crippen LogP contribution is -2.02. The Morgan fingerprint density at radius 3 is 2.17 bits per heavy atom. The minimum absolute atomic E-state index is 0.214. The van der Waals surface area contributed by atoms with Crippen LogP contribution >= 0.6 is 7.60 Å². The Balaban J connectivity index is 4.67. The molecular formula is C7H13O4P. The standard InChI is InChI=1S/C7H13O4P/c1-3-5-6(4-2)7(8)12(9,10)11/h5H,3-4H2,1-2H3,(H2,9,10,11). The topological polar surface area (TPSA) is 74.6 Å². The van der Waals surface area contributed by atoms with Crippen molar-refractivity contribution in [1.82, 2.24) is 0 Å². The second kappa shape index (κ2) is 4.55. The highest BCUT2D eigenvalue weighted by atomic mass is 31.2. The van der Waals surface area contributed by atoms with Crippen LogP contribution in [0.15, 0.2) is 11.6 Å². The second-order valence-electron chi connectivity index (χ2n) is 2.34. The first-order valence-corrected chi connectivity index (χ1v) is 5.34. The summed E-state index contributed by atoms with van der Waals surface area (Å²) in [5.41, 5.74) is -0.835. The van der Waals surface area contributed by atoms with E-state index in [1.54, 1.807) is 13.0 Å². The molecule has 2 N–H and O–H groups in total. The predicted octanol–water partition coefficient (Wildman–Crippen LogP) is 1.44. The van der Waals surface area contributed by atoms with E-state index in [1.807, 2.05) is 6.92 Å². The number of rotatable bonds is 4. The van der Waals surface area contributed by atoms with E-state index in [-0.39, 0.29) is 5.57 Å². The molecule has 0 heterocycles. The number of carbonyl (C=O) groups is 1. The molecular weight excluding hydrogens is 179 g/mol. The van der Waals surface area contributed by atoms with E-state index in [0.717, 1.165) is 0 Å². The molecule has 0 unspecified atom stereocenters. The number of hydrogen-bond acceptors (Lipinski definition) is 2. The van der Waals surface area contributed by atoms with Crippen LogP contribution in [0.25, 0.3) is 0 Å². The van der Waals surface area contributed by atoms with E-state index in [4.69, 9.17) is 9.79 Å². The molecule has 0 aromatic heterocycles. The summed E-state index contributed by atoms with van der Waals surface area (Å²) in [5.74, 6) is 0. The van der Waals surface area contributed by atoms with Gasteiger partial charge in [0.2, 0.25) is 0 Å². The fourth-order valence-electron chi connectivity index (χ4n) is 0.816. The molecule has 0 aliphatic rings. The van der Waals surface area contributed by atoms with Crippen molar-refractivity contribution < 1.29 is 19.1 Å². The zero-order valence-corrected chi connectivity index (χ0v) is 8.04. The Kier molecular flexibility index (Phi) is 4.39. The van der Waals surface area contributed by atoms with Gasteiger partial charge in [-0.3, -0.25) is 9.36 Å². The fourth-order valence-corrected chi connectivity index (χ4v) is 1.44. The highest BCUT2D eigenvalue weighted by Gasteiger charge is 2.27. The Labute approximate surface area is 71.5 Å². The molecule has 0 aliphatic heterocycles. The summed E-state index contributed by atoms with van der Waals surface area (Å²) in [5, 5.41) is 0. The first-order valence-electron chi connectivity index (χ1n) is 3.72. The summed E-state index contributed by atoms with van der Waals surface area (Å²) in [6.45, 7) is 3.50. The van der Waals surface area contributed by atoms with Crippen molar-refractivity contribution in [3.05, 3.63) is 11.6 Å². The van der Waals surface area contributed by atoms with Crippen LogP contribution in [0.5, 0.6) is 0 Å². The minimum Gasteiger partial charge on any atom is -0.319 e. The Hall–Kier alpha value is -0.440. The molecule has 0 radical (unpaired) electrons. The number of hydrogen-bond donors (Lipinski definition) is 2. The molecule has 0 bridgehead atoms. The maximum absolute atomic E-state index is 11.0. The lowest BCUT2D eigenvalue weighted by atomic mass is 10.2. The van der Waals surface area contributed by atoms with Gasteiger partial charge in [-0.2, -0.15) is 0 Å². The van der Waals surface area contributed by atoms with Crippen molar-refractivity contribution in [3.63, 3.8) is 0 Å². The molecule has 0 aliphatic carbocycles. The molecule has 5 heteroatoms. The summed E-state index contributed by atoms with van der Waals surface area (Å²) in [6.07, 6.45) is 2.51. The zero-order chi connectivity index (χ0) is 9.78. The van der Waals surface area contributed by atoms with Gasteiger partial charge in [0.05, 0.1) is 0 Å². The van der Waals surface area contributed by atoms with Crippen LogP contribution in [0.1, 0.15) is 26.7 Å². The van der Waals surface area contributed by atoms with Gasteiger partial charge in [-0.15, -0.1) is 0 Å². The molecule has 0 rings (SSSR count). The van der Waals surface area contributed by atoms with Gasteiger partial charge >= 0.3 is 7.60 Å². The molecule has 0 fully saturated rings. The first kappa shape index (κ1) is 11.6. The number of allylic oxidation sites excluding steroid dienone is 2. The van der Waals surface area contributed by atoms with E-state index in [9.17, 15) is 9.36 Å². The SMILES string of the molecule is CCC=C(CC)C(=O)P(=O)(O)O. The van der Waals surface area contributed by atoms with Crippen molar-refractivity contribution in [2.24, 2.45) is 0 Å². The minimum atomic E-state index is -4.57. The van der Waals surface area contributed by atoms with Crippen LogP contribution in [-0.2, 0) is 9.36 Å². The summed E-state index contributed by atoms with van der Waals surface area (Å²) >= 11 is 0. The highest BCUT2D eigenvalue weighted by Crippen LogP contribution is 2.39. The first-order chi connectivity index (χ1) is 5.43. The fraction of sp³-hybridized carbons (Fsp3) is 0.571. The lowest BCUT2D eigenvalue weighted by Gasteiger charge is -2.04. The van der Waals surface area contributed by atoms with Gasteiger partial charge in [0.25, 0.3) is 5.52 Å². The van der Waals surface area contributed by atoms with Crippen molar-refractivity contribution in [2.75, 3.05) is 0 Å². The van der Waals surface area contributed by atoms with Crippen LogP contribution in [0.4, 0.5) is 0 Å². The van der Waals surface area contributed by atoms with E-state index in [1.165, 1.54) is 0 Å². The third-order valence-corrected chi connectivity index (χ3v) is 2.19. The van der Waals surface area contributed by atoms with Gasteiger partial charge in [0, 0.05) is 5.57 Å². The normalized spacial score (nSPS) is 13.2. The molecule has 12 heavy (non-hydrogen) atoms. The lowest BCUT2D eigenvalue weighted by molar-refractivity contribution is -0.110. The van der Waals surface area contributed by atoms with Crippen LogP contribution in [0.3, 0.4) is 0 Å². The van der Waals surface area contributed by atoms with Gasteiger partial charge in [-0.25, -0.2) is 0 Å². The van der Waals surface area contributed by atoms with Gasteiger partial charge in [-0.1, -0.05) is 19.9 Å². The van der Waals surface area contributed by atoms with E-state index >= 15 is 0 Å². The van der Waals surface area contributed by atoms with Crippen molar-refractivity contribution >= 4 is 13.1 Å². The second-order valence-corrected chi connectivity index (χ2v) is 3.83. The van der Waals surface area contributed by atoms with Crippen LogP contribution in [0, 0.1) is 0 Å². The van der Waals surface area contributed by atoms with Crippen LogP contribution in [-0.4, -0.2) is 15.3 Å². The molecule has 4 nitrogen and oxygen atoms in total. The van der Waals surface area contributed by atoms with Gasteiger partial charge in [-0.05, 0) is 12.8 Å². The third kappa shape index (κ3) is 3.30. The average molecular weight is 192 g/mol. The van der Waals surface area contributed by atoms with Crippen LogP contribution < -0.4 is 0 Å². The molecule has 0 spiro atoms. The highest BCUT2D eigenvalue weighted by molar-refractivity contribution is 7.70. The quantitative estimate of drug-likeness (QED) is 0.522. The van der Waals surface area contributed by atoms with Crippen molar-refractivity contribution in [2.45, 2.75) is 26.7 Å². The predicted molar refractivity (Wildman–Crippen MR) is 45.7 cm³/mol. The van der Waals surface area contributed by atoms with Gasteiger partial charge < -0.3 is 9.79 Å². The molecule has 0 saturated carbocycles. The molecule has 0 atom stereocenters. The molecule has 0 aromatic rings. The average Bonchev–Trinajstić information content (AvgIpc) is 1.97. The maximum atomic E-state index is 11.0. The summed E-state index contributed by atoms with van der Waals surface area (Å²) in [7, 11) is -4.57. The Bertz CT molecular complexity index is 238. The van der Waals surface area contributed by atoms with Gasteiger partial charge in [0.15, 0.2) is 0 Å². The van der Waals surface area contributed by atoms with Gasteiger partial charge in [0.1, 0.15) is 0 Å². The molecule has 70 valence electrons. The largest absolute Gasteiger partial charge is 0.396 e. The summed E-state index contributed by atoms with van der Waals surface area (Å²) in [4.78, 5) is 28.0. The van der Waals surface area contributed by atoms with Crippen LogP contribution in [0.2, 0.25) is 0 Å². The van der Waals surface area contributed by atoms with E-state index in [2.05, 4.69) is 0 Å². The van der Waals surface area contributed by atoms with E-state index < -0.39 is 13.1 Å². The third-order valence-electron chi connectivity index (χ3n) is 1.37. The molecule has 0 saturated heterocycles. The smallest absolute Gasteiger partial charge is 0.319 e. The molecule has 0 amide bonds. The number of carbonyl (C=O) groups excluding carboxylic acids is 1. The van der Waals surface area contributed by atoms with E-state index in [0.29, 0.717) is 12.8 Å². The Morgan fingerprint density at radius 1 is 1.42 bits per heavy atom. The Morgan fingerprint density at radius 2 is 1.92 bits per heavy atom. The summed E-state index contributed by atoms with van der Waals surface area (Å²) < 4.78 is 10.5. The zero-order valence-electron chi connectivity index (χ0n) is 7.15.